The van der Waals surface area contributed by atoms with Crippen molar-refractivity contribution in [2.45, 2.75) is 6.54 Å². The van der Waals surface area contributed by atoms with Crippen LogP contribution in [0.1, 0.15) is 5.56 Å². The molecule has 1 heterocycles. The Labute approximate surface area is 129 Å². The van der Waals surface area contributed by atoms with Gasteiger partial charge in [0.05, 0.1) is 4.92 Å². The van der Waals surface area contributed by atoms with Crippen molar-refractivity contribution < 1.29 is 20.1 Å². The molecule has 0 saturated heterocycles. The van der Waals surface area contributed by atoms with Crippen LogP contribution in [-0.2, 0) is 6.54 Å². The lowest BCUT2D eigenvalue weighted by molar-refractivity contribution is -0.398. The smallest absolute Gasteiger partial charge is 0.417 e. The molecule has 0 amide bonds. The molecule has 0 fully saturated rings. The Balaban J connectivity index is 1.82. The molecule has 3 aromatic rings. The lowest BCUT2D eigenvalue weighted by Gasteiger charge is -2.08. The molecule has 0 atom stereocenters. The number of para-hydroxylation sites is 2. The van der Waals surface area contributed by atoms with Gasteiger partial charge in [-0.15, -0.1) is 5.11 Å². The fourth-order valence-electron chi connectivity index (χ4n) is 2.09. The first-order valence-electron chi connectivity index (χ1n) is 6.59. The number of benzene rings is 2. The van der Waals surface area contributed by atoms with Crippen molar-refractivity contribution >= 4 is 22.7 Å². The number of hydrogen-bond donors (Lipinski definition) is 2. The van der Waals surface area contributed by atoms with Gasteiger partial charge >= 0.3 is 5.95 Å². The Morgan fingerprint density at radius 2 is 2.09 bits per heavy atom. The van der Waals surface area contributed by atoms with Crippen molar-refractivity contribution in [2.24, 2.45) is 10.2 Å². The Kier molecular flexibility index (Phi) is 3.59. The van der Waals surface area contributed by atoms with Crippen LogP contribution in [-0.4, -0.2) is 15.0 Å². The van der Waals surface area contributed by atoms with E-state index in [1.165, 1.54) is 0 Å². The number of rotatable bonds is 4. The van der Waals surface area contributed by atoms with Crippen molar-refractivity contribution in [1.82, 2.24) is 4.98 Å². The van der Waals surface area contributed by atoms with E-state index in [-0.39, 0.29) is 17.9 Å². The number of fused-ring (bicyclic) bond motifs is 1. The molecule has 0 aliphatic carbocycles. The standard InChI is InChI=1S/C14H11N5O4/c20-12-6-13(21)11(19(22)23)5-8(12)7-15-18-14-16-9-3-1-2-4-10(9)17-14/h1-6,20-21H,7H2,(H,16,17). The predicted octanol–water partition coefficient (Wildman–Crippen LogP) is 1.95. The van der Waals surface area contributed by atoms with Gasteiger partial charge in [0.2, 0.25) is 0 Å². The van der Waals surface area contributed by atoms with E-state index in [1.54, 1.807) is 0 Å². The molecule has 0 aliphatic heterocycles. The predicted molar refractivity (Wildman–Crippen MR) is 77.3 cm³/mol. The number of nitro benzene ring substituents is 1. The Hall–Kier alpha value is -3.49. The summed E-state index contributed by atoms with van der Waals surface area (Å²) < 4.78 is 0. The number of imidazole rings is 1. The monoisotopic (exact) mass is 313 g/mol. The topological polar surface area (TPSA) is 141 Å². The van der Waals surface area contributed by atoms with Crippen molar-refractivity contribution in [2.75, 3.05) is 0 Å². The molecule has 0 bridgehead atoms. The highest BCUT2D eigenvalue weighted by Gasteiger charge is 2.13. The molecule has 1 aromatic heterocycles. The van der Waals surface area contributed by atoms with Crippen LogP contribution in [0.5, 0.6) is 11.5 Å². The van der Waals surface area contributed by atoms with E-state index in [4.69, 9.17) is 0 Å². The summed E-state index contributed by atoms with van der Waals surface area (Å²) in [5.74, 6) is -0.794. The van der Waals surface area contributed by atoms with Gasteiger partial charge in [0.25, 0.3) is 5.69 Å². The number of phenolic OH excluding ortho intramolecular Hbond substituents is 1. The second kappa shape index (κ2) is 5.72. The minimum atomic E-state index is -0.850. The lowest BCUT2D eigenvalue weighted by Crippen LogP contribution is -1.99. The molecule has 2 aromatic carbocycles. The minimum Gasteiger partial charge on any atom is -0.868 e. The van der Waals surface area contributed by atoms with Gasteiger partial charge in [-0.3, -0.25) is 10.1 Å². The van der Waals surface area contributed by atoms with E-state index in [0.717, 1.165) is 23.2 Å². The summed E-state index contributed by atoms with van der Waals surface area (Å²) >= 11 is 0. The zero-order valence-corrected chi connectivity index (χ0v) is 11.7. The highest BCUT2D eigenvalue weighted by atomic mass is 16.6. The van der Waals surface area contributed by atoms with Gasteiger partial charge in [-0.25, -0.2) is 9.97 Å². The summed E-state index contributed by atoms with van der Waals surface area (Å²) in [4.78, 5) is 15.9. The number of aromatic nitrogens is 2. The van der Waals surface area contributed by atoms with Gasteiger partial charge in [0.15, 0.2) is 0 Å². The first-order chi connectivity index (χ1) is 11.0. The fraction of sp³-hybridized carbons (Fsp3) is 0.0714. The summed E-state index contributed by atoms with van der Waals surface area (Å²) in [5.41, 5.74) is 1.26. The zero-order valence-electron chi connectivity index (χ0n) is 11.7. The Morgan fingerprint density at radius 3 is 2.83 bits per heavy atom. The Morgan fingerprint density at radius 1 is 1.30 bits per heavy atom. The summed E-state index contributed by atoms with van der Waals surface area (Å²) in [6.07, 6.45) is 0. The van der Waals surface area contributed by atoms with E-state index in [9.17, 15) is 20.3 Å². The average molecular weight is 313 g/mol. The zero-order chi connectivity index (χ0) is 16.4. The molecule has 0 saturated carbocycles. The third-order valence-electron chi connectivity index (χ3n) is 3.20. The number of nitrogens with zero attached hydrogens (tertiary/aromatic N) is 3. The summed E-state index contributed by atoms with van der Waals surface area (Å²) in [5, 5.41) is 39.6. The van der Waals surface area contributed by atoms with Crippen LogP contribution in [0.25, 0.3) is 11.0 Å². The van der Waals surface area contributed by atoms with Gasteiger partial charge in [0.1, 0.15) is 23.3 Å². The molecule has 9 nitrogen and oxygen atoms in total. The minimum absolute atomic E-state index is 0.101. The van der Waals surface area contributed by atoms with Crippen LogP contribution in [0.4, 0.5) is 11.6 Å². The SMILES string of the molecule is O=[N+]([O-])c1cc(CN=Nc2[nH]c3ccccc3[nH+]2)c(O)cc1[O-]. The number of H-pyrrole nitrogens is 2. The number of azo groups is 1. The Bertz CT molecular complexity index is 886. The summed E-state index contributed by atoms with van der Waals surface area (Å²) in [6, 6.07) is 9.29. The number of aromatic amines is 2. The second-order valence-electron chi connectivity index (χ2n) is 4.75. The molecule has 116 valence electrons. The first-order valence-corrected chi connectivity index (χ1v) is 6.59. The van der Waals surface area contributed by atoms with Crippen molar-refractivity contribution in [1.29, 1.82) is 0 Å². The summed E-state index contributed by atoms with van der Waals surface area (Å²) in [6.45, 7) is -0.101. The van der Waals surface area contributed by atoms with Crippen LogP contribution in [0, 0.1) is 10.1 Å². The lowest BCUT2D eigenvalue weighted by atomic mass is 10.1. The highest BCUT2D eigenvalue weighted by Crippen LogP contribution is 2.31. The van der Waals surface area contributed by atoms with Crippen LogP contribution < -0.4 is 10.1 Å². The molecular formula is C14H11N5O4. The maximum Gasteiger partial charge on any atom is 0.417 e. The third-order valence-corrected chi connectivity index (χ3v) is 3.20. The number of hydrogen-bond acceptors (Lipinski definition) is 6. The van der Waals surface area contributed by atoms with Gasteiger partial charge in [-0.1, -0.05) is 12.1 Å². The maximum absolute atomic E-state index is 11.4. The van der Waals surface area contributed by atoms with Gasteiger partial charge in [0, 0.05) is 16.7 Å². The van der Waals surface area contributed by atoms with Crippen LogP contribution >= 0.6 is 0 Å². The second-order valence-corrected chi connectivity index (χ2v) is 4.75. The van der Waals surface area contributed by atoms with Crippen molar-refractivity contribution in [3.05, 3.63) is 52.1 Å². The quantitative estimate of drug-likeness (QED) is 0.431. The normalized spacial score (nSPS) is 11.3. The number of aromatic hydroxyl groups is 1. The molecule has 0 spiro atoms. The van der Waals surface area contributed by atoms with E-state index in [2.05, 4.69) is 20.2 Å². The van der Waals surface area contributed by atoms with Crippen molar-refractivity contribution in [3.8, 4) is 11.5 Å². The van der Waals surface area contributed by atoms with Crippen molar-refractivity contribution in [3.63, 3.8) is 0 Å². The van der Waals surface area contributed by atoms with E-state index in [0.29, 0.717) is 5.95 Å². The van der Waals surface area contributed by atoms with Crippen LogP contribution in [0.15, 0.2) is 46.6 Å². The molecule has 23 heavy (non-hydrogen) atoms. The van der Waals surface area contributed by atoms with E-state index < -0.39 is 16.4 Å². The number of nitrogens with one attached hydrogen (secondary N) is 2. The van der Waals surface area contributed by atoms with E-state index in [1.807, 2.05) is 24.3 Å². The summed E-state index contributed by atoms with van der Waals surface area (Å²) in [7, 11) is 0. The molecule has 0 aliphatic rings. The van der Waals surface area contributed by atoms with Gasteiger partial charge in [-0.2, -0.15) is 0 Å². The molecule has 3 rings (SSSR count). The maximum atomic E-state index is 11.4. The molecule has 3 N–H and O–H groups in total. The highest BCUT2D eigenvalue weighted by molar-refractivity contribution is 5.71. The van der Waals surface area contributed by atoms with E-state index >= 15 is 0 Å². The number of nitro groups is 1. The number of phenols is 1. The molecule has 0 radical (unpaired) electrons. The van der Waals surface area contributed by atoms with Gasteiger partial charge < -0.3 is 10.2 Å². The fourth-order valence-corrected chi connectivity index (χ4v) is 2.09. The molecule has 9 heteroatoms. The largest absolute Gasteiger partial charge is 0.868 e. The van der Waals surface area contributed by atoms with Crippen LogP contribution in [0.2, 0.25) is 0 Å². The van der Waals surface area contributed by atoms with Crippen LogP contribution in [0.3, 0.4) is 0 Å². The molecule has 0 unspecified atom stereocenters. The van der Waals surface area contributed by atoms with Gasteiger partial charge in [-0.05, 0) is 23.9 Å². The third kappa shape index (κ3) is 2.93. The molecular weight excluding hydrogens is 302 g/mol. The first kappa shape index (κ1) is 14.4. The average Bonchev–Trinajstić information content (AvgIpc) is 2.91.